The molecule has 0 saturated heterocycles. The van der Waals surface area contributed by atoms with Crippen LogP contribution in [0.4, 0.5) is 0 Å². The third kappa shape index (κ3) is 4.75. The van der Waals surface area contributed by atoms with E-state index in [9.17, 15) is 10.2 Å². The van der Waals surface area contributed by atoms with Gasteiger partial charge in [-0.1, -0.05) is 74.5 Å². The standard InChI is InChI=1S/C29H30N2O2/c1-19(27-23-11-7-5-9-21(23)13-15-25(27)32)30-17-29(3,4)18-31-20(2)28-24-12-8-6-10-22(24)14-16-26(28)33/h5-16,32-33H,17-18H2,1-4H3. The van der Waals surface area contributed by atoms with Crippen molar-refractivity contribution in [3.8, 4) is 11.5 Å². The van der Waals surface area contributed by atoms with Gasteiger partial charge < -0.3 is 10.2 Å². The maximum atomic E-state index is 10.5. The lowest BCUT2D eigenvalue weighted by Gasteiger charge is -2.21. The largest absolute Gasteiger partial charge is 0.507 e. The number of hydrogen-bond donors (Lipinski definition) is 2. The normalized spacial score (nSPS) is 13.1. The van der Waals surface area contributed by atoms with Gasteiger partial charge >= 0.3 is 0 Å². The minimum Gasteiger partial charge on any atom is -0.507 e. The number of aliphatic imine (C=N–C) groups is 2. The van der Waals surface area contributed by atoms with Crippen molar-refractivity contribution in [2.24, 2.45) is 15.4 Å². The third-order valence-electron chi connectivity index (χ3n) is 6.03. The predicted octanol–water partition coefficient (Wildman–Crippen LogP) is 6.75. The van der Waals surface area contributed by atoms with Crippen molar-refractivity contribution in [1.82, 2.24) is 0 Å². The summed E-state index contributed by atoms with van der Waals surface area (Å²) in [5.74, 6) is 0.487. The van der Waals surface area contributed by atoms with Gasteiger partial charge in [0.25, 0.3) is 0 Å². The Balaban J connectivity index is 1.57. The molecule has 0 atom stereocenters. The first-order valence-corrected chi connectivity index (χ1v) is 11.2. The number of nitrogens with zero attached hydrogens (tertiary/aromatic N) is 2. The summed E-state index contributed by atoms with van der Waals surface area (Å²) in [4.78, 5) is 9.67. The molecule has 2 N–H and O–H groups in total. The second-order valence-electron chi connectivity index (χ2n) is 9.33. The van der Waals surface area contributed by atoms with Gasteiger partial charge in [0.05, 0.1) is 0 Å². The maximum absolute atomic E-state index is 10.5. The summed E-state index contributed by atoms with van der Waals surface area (Å²) in [6, 6.07) is 23.3. The van der Waals surface area contributed by atoms with E-state index in [1.165, 1.54) is 0 Å². The number of fused-ring (bicyclic) bond motifs is 2. The highest BCUT2D eigenvalue weighted by atomic mass is 16.3. The Hall–Kier alpha value is -3.66. The first-order valence-electron chi connectivity index (χ1n) is 11.2. The van der Waals surface area contributed by atoms with Crippen LogP contribution in [0.2, 0.25) is 0 Å². The van der Waals surface area contributed by atoms with Gasteiger partial charge in [-0.25, -0.2) is 0 Å². The Morgan fingerprint density at radius 2 is 1.03 bits per heavy atom. The lowest BCUT2D eigenvalue weighted by Crippen LogP contribution is -2.21. The number of benzene rings is 4. The van der Waals surface area contributed by atoms with Gasteiger partial charge in [0.15, 0.2) is 0 Å². The first-order chi connectivity index (χ1) is 15.8. The highest BCUT2D eigenvalue weighted by molar-refractivity contribution is 6.12. The van der Waals surface area contributed by atoms with Gasteiger partial charge in [-0.05, 0) is 47.5 Å². The van der Waals surface area contributed by atoms with Crippen LogP contribution in [0, 0.1) is 5.41 Å². The lowest BCUT2D eigenvalue weighted by atomic mass is 9.93. The van der Waals surface area contributed by atoms with E-state index in [0.717, 1.165) is 44.1 Å². The van der Waals surface area contributed by atoms with Crippen molar-refractivity contribution in [2.45, 2.75) is 27.7 Å². The molecule has 0 heterocycles. The van der Waals surface area contributed by atoms with E-state index < -0.39 is 0 Å². The molecule has 4 aromatic rings. The zero-order valence-corrected chi connectivity index (χ0v) is 19.6. The smallest absolute Gasteiger partial charge is 0.125 e. The van der Waals surface area contributed by atoms with Crippen molar-refractivity contribution >= 4 is 33.0 Å². The van der Waals surface area contributed by atoms with Gasteiger partial charge in [0, 0.05) is 41.1 Å². The molecular formula is C29H30N2O2. The van der Waals surface area contributed by atoms with Crippen LogP contribution in [-0.4, -0.2) is 34.7 Å². The number of aromatic hydroxyl groups is 2. The second kappa shape index (κ2) is 9.07. The van der Waals surface area contributed by atoms with Crippen LogP contribution < -0.4 is 0 Å². The zero-order valence-electron chi connectivity index (χ0n) is 19.6. The van der Waals surface area contributed by atoms with E-state index in [-0.39, 0.29) is 16.9 Å². The number of rotatable bonds is 6. The van der Waals surface area contributed by atoms with Crippen LogP contribution in [-0.2, 0) is 0 Å². The fraction of sp³-hybridized carbons (Fsp3) is 0.241. The highest BCUT2D eigenvalue weighted by Crippen LogP contribution is 2.30. The van der Waals surface area contributed by atoms with E-state index in [2.05, 4.69) is 13.8 Å². The van der Waals surface area contributed by atoms with Gasteiger partial charge in [-0.2, -0.15) is 0 Å². The average Bonchev–Trinajstić information content (AvgIpc) is 2.81. The summed E-state index contributed by atoms with van der Waals surface area (Å²) < 4.78 is 0. The molecule has 0 bridgehead atoms. The van der Waals surface area contributed by atoms with E-state index in [4.69, 9.17) is 9.98 Å². The molecule has 0 fully saturated rings. The summed E-state index contributed by atoms with van der Waals surface area (Å²) in [5.41, 5.74) is 2.99. The molecule has 0 aliphatic heterocycles. The van der Waals surface area contributed by atoms with Gasteiger partial charge in [-0.15, -0.1) is 0 Å². The van der Waals surface area contributed by atoms with Gasteiger partial charge in [0.1, 0.15) is 11.5 Å². The molecular weight excluding hydrogens is 408 g/mol. The quantitative estimate of drug-likeness (QED) is 0.327. The monoisotopic (exact) mass is 438 g/mol. The number of hydrogen-bond acceptors (Lipinski definition) is 4. The van der Waals surface area contributed by atoms with Gasteiger partial charge in [0.2, 0.25) is 0 Å². The Labute approximate surface area is 195 Å². The third-order valence-corrected chi connectivity index (χ3v) is 6.03. The molecule has 4 aromatic carbocycles. The predicted molar refractivity (Wildman–Crippen MR) is 139 cm³/mol. The Bertz CT molecular complexity index is 1280. The van der Waals surface area contributed by atoms with E-state index in [0.29, 0.717) is 13.1 Å². The SMILES string of the molecule is CC(=NCC(C)(C)CN=C(C)c1c(O)ccc2ccccc12)c1c(O)ccc2ccccc12. The zero-order chi connectivity index (χ0) is 23.6. The van der Waals surface area contributed by atoms with Crippen LogP contribution in [0.3, 0.4) is 0 Å². The fourth-order valence-electron chi connectivity index (χ4n) is 4.15. The van der Waals surface area contributed by atoms with E-state index in [1.807, 2.05) is 74.5 Å². The van der Waals surface area contributed by atoms with Crippen molar-refractivity contribution in [3.05, 3.63) is 83.9 Å². The van der Waals surface area contributed by atoms with Crippen LogP contribution >= 0.6 is 0 Å². The summed E-state index contributed by atoms with van der Waals surface area (Å²) in [6.45, 7) is 9.29. The molecule has 33 heavy (non-hydrogen) atoms. The molecule has 0 aliphatic rings. The Kier molecular flexibility index (Phi) is 6.19. The second-order valence-corrected chi connectivity index (χ2v) is 9.33. The molecule has 4 heteroatoms. The average molecular weight is 439 g/mol. The van der Waals surface area contributed by atoms with Crippen molar-refractivity contribution in [2.75, 3.05) is 13.1 Å². The fourth-order valence-corrected chi connectivity index (χ4v) is 4.15. The molecule has 0 spiro atoms. The van der Waals surface area contributed by atoms with Crippen LogP contribution in [0.1, 0.15) is 38.8 Å². The van der Waals surface area contributed by atoms with Crippen LogP contribution in [0.5, 0.6) is 11.5 Å². The topological polar surface area (TPSA) is 65.2 Å². The molecule has 0 radical (unpaired) electrons. The molecule has 0 aromatic heterocycles. The Morgan fingerprint density at radius 1 is 0.636 bits per heavy atom. The number of phenolic OH excluding ortho intramolecular Hbond substituents is 2. The van der Waals surface area contributed by atoms with Crippen molar-refractivity contribution in [3.63, 3.8) is 0 Å². The van der Waals surface area contributed by atoms with E-state index >= 15 is 0 Å². The molecule has 0 aliphatic carbocycles. The summed E-state index contributed by atoms with van der Waals surface area (Å²) >= 11 is 0. The Morgan fingerprint density at radius 3 is 1.45 bits per heavy atom. The minimum absolute atomic E-state index is 0.192. The van der Waals surface area contributed by atoms with Crippen molar-refractivity contribution < 1.29 is 10.2 Å². The highest BCUT2D eigenvalue weighted by Gasteiger charge is 2.19. The van der Waals surface area contributed by atoms with Crippen LogP contribution in [0.15, 0.2) is 82.8 Å². The summed E-state index contributed by atoms with van der Waals surface area (Å²) in [6.07, 6.45) is 0. The minimum atomic E-state index is -0.192. The van der Waals surface area contributed by atoms with Crippen molar-refractivity contribution in [1.29, 1.82) is 0 Å². The first kappa shape index (κ1) is 22.5. The van der Waals surface area contributed by atoms with Gasteiger partial charge in [-0.3, -0.25) is 9.98 Å². The van der Waals surface area contributed by atoms with Crippen LogP contribution in [0.25, 0.3) is 21.5 Å². The number of phenols is 2. The molecule has 0 unspecified atom stereocenters. The molecule has 168 valence electrons. The van der Waals surface area contributed by atoms with E-state index in [1.54, 1.807) is 12.1 Å². The molecule has 4 nitrogen and oxygen atoms in total. The molecule has 0 saturated carbocycles. The lowest BCUT2D eigenvalue weighted by molar-refractivity contribution is 0.395. The molecule has 4 rings (SSSR count). The summed E-state index contributed by atoms with van der Waals surface area (Å²) in [5, 5.41) is 25.1. The molecule has 0 amide bonds. The summed E-state index contributed by atoms with van der Waals surface area (Å²) in [7, 11) is 0. The maximum Gasteiger partial charge on any atom is 0.125 e.